The largest absolute Gasteiger partial charge is 0.481 e. The van der Waals surface area contributed by atoms with Gasteiger partial charge in [-0.05, 0) is 26.3 Å². The predicted octanol–water partition coefficient (Wildman–Crippen LogP) is 1.32. The maximum atomic E-state index is 10.9. The van der Waals surface area contributed by atoms with Crippen LogP contribution in [0, 0.1) is 5.92 Å². The molecule has 0 spiro atoms. The number of hydrogen-bond donors (Lipinski definition) is 1. The number of rotatable bonds is 4. The Bertz CT molecular complexity index is 418. The molecule has 1 aliphatic rings. The van der Waals surface area contributed by atoms with Gasteiger partial charge in [0.2, 0.25) is 5.89 Å². The second-order valence-electron chi connectivity index (χ2n) is 4.84. The van der Waals surface area contributed by atoms with Gasteiger partial charge in [-0.15, -0.1) is 0 Å². The summed E-state index contributed by atoms with van der Waals surface area (Å²) in [6, 6.07) is 0.233. The van der Waals surface area contributed by atoms with Gasteiger partial charge in [-0.1, -0.05) is 12.1 Å². The fourth-order valence-corrected chi connectivity index (χ4v) is 2.35. The molecule has 2 rings (SSSR count). The fourth-order valence-electron chi connectivity index (χ4n) is 2.35. The third-order valence-electron chi connectivity index (χ3n) is 3.53. The van der Waals surface area contributed by atoms with Crippen LogP contribution in [-0.4, -0.2) is 38.7 Å². The molecule has 0 bridgehead atoms. The van der Waals surface area contributed by atoms with Crippen LogP contribution in [0.1, 0.15) is 38.4 Å². The molecule has 0 aromatic carbocycles. The Labute approximate surface area is 106 Å². The first-order valence-electron chi connectivity index (χ1n) is 6.38. The molecule has 0 saturated carbocycles. The number of carboxylic acids is 1. The topological polar surface area (TPSA) is 79.5 Å². The van der Waals surface area contributed by atoms with Crippen LogP contribution in [0.4, 0.5) is 0 Å². The van der Waals surface area contributed by atoms with Crippen molar-refractivity contribution in [2.24, 2.45) is 5.92 Å². The Kier molecular flexibility index (Phi) is 3.96. The Balaban J connectivity index is 1.92. The van der Waals surface area contributed by atoms with Crippen molar-refractivity contribution in [2.75, 3.05) is 6.54 Å². The zero-order valence-corrected chi connectivity index (χ0v) is 10.8. The van der Waals surface area contributed by atoms with E-state index in [4.69, 9.17) is 9.63 Å². The van der Waals surface area contributed by atoms with Gasteiger partial charge < -0.3 is 9.63 Å². The molecule has 6 nitrogen and oxygen atoms in total. The molecule has 100 valence electrons. The van der Waals surface area contributed by atoms with Crippen molar-refractivity contribution in [1.29, 1.82) is 0 Å². The fraction of sp³-hybridized carbons (Fsp3) is 0.750. The van der Waals surface area contributed by atoms with Gasteiger partial charge in [0.15, 0.2) is 5.82 Å². The second-order valence-corrected chi connectivity index (χ2v) is 4.84. The van der Waals surface area contributed by atoms with Gasteiger partial charge in [0, 0.05) is 12.5 Å². The van der Waals surface area contributed by atoms with E-state index in [1.165, 1.54) is 0 Å². The molecule has 0 aliphatic carbocycles. The summed E-state index contributed by atoms with van der Waals surface area (Å²) in [5.74, 6) is 0.434. The van der Waals surface area contributed by atoms with E-state index in [9.17, 15) is 4.79 Å². The monoisotopic (exact) mass is 253 g/mol. The SMILES string of the molecule is CCc1noc(CN2CCC(C(=O)O)CC2C)n1. The zero-order valence-electron chi connectivity index (χ0n) is 10.8. The second kappa shape index (κ2) is 5.48. The van der Waals surface area contributed by atoms with E-state index in [1.807, 2.05) is 13.8 Å². The van der Waals surface area contributed by atoms with Crippen molar-refractivity contribution in [1.82, 2.24) is 15.0 Å². The lowest BCUT2D eigenvalue weighted by Gasteiger charge is -2.35. The average molecular weight is 253 g/mol. The van der Waals surface area contributed by atoms with Crippen LogP contribution in [0.25, 0.3) is 0 Å². The van der Waals surface area contributed by atoms with Gasteiger partial charge in [0.25, 0.3) is 0 Å². The highest BCUT2D eigenvalue weighted by atomic mass is 16.5. The molecule has 1 aromatic heterocycles. The number of nitrogens with zero attached hydrogens (tertiary/aromatic N) is 3. The van der Waals surface area contributed by atoms with E-state index in [-0.39, 0.29) is 12.0 Å². The van der Waals surface area contributed by atoms with E-state index >= 15 is 0 Å². The molecule has 1 N–H and O–H groups in total. The smallest absolute Gasteiger partial charge is 0.306 e. The Hall–Kier alpha value is -1.43. The maximum absolute atomic E-state index is 10.9. The molecule has 2 unspecified atom stereocenters. The van der Waals surface area contributed by atoms with Crippen molar-refractivity contribution in [3.63, 3.8) is 0 Å². The Morgan fingerprint density at radius 1 is 1.61 bits per heavy atom. The van der Waals surface area contributed by atoms with Crippen molar-refractivity contribution in [3.8, 4) is 0 Å². The van der Waals surface area contributed by atoms with Crippen LogP contribution >= 0.6 is 0 Å². The molecule has 18 heavy (non-hydrogen) atoms. The minimum atomic E-state index is -0.687. The summed E-state index contributed by atoms with van der Waals surface area (Å²) >= 11 is 0. The maximum Gasteiger partial charge on any atom is 0.306 e. The number of aryl methyl sites for hydroxylation is 1. The standard InChI is InChI=1S/C12H19N3O3/c1-3-10-13-11(18-14-10)7-15-5-4-9(12(16)17)6-8(15)2/h8-9H,3-7H2,1-2H3,(H,16,17). The van der Waals surface area contributed by atoms with Crippen LogP contribution in [0.2, 0.25) is 0 Å². The molecule has 2 atom stereocenters. The highest BCUT2D eigenvalue weighted by molar-refractivity contribution is 5.70. The summed E-state index contributed by atoms with van der Waals surface area (Å²) in [6.45, 7) is 5.41. The van der Waals surface area contributed by atoms with E-state index in [0.717, 1.165) is 18.8 Å². The third-order valence-corrected chi connectivity index (χ3v) is 3.53. The predicted molar refractivity (Wildman–Crippen MR) is 63.9 cm³/mol. The van der Waals surface area contributed by atoms with Crippen molar-refractivity contribution < 1.29 is 14.4 Å². The summed E-state index contributed by atoms with van der Waals surface area (Å²) in [5, 5.41) is 12.9. The van der Waals surface area contributed by atoms with Gasteiger partial charge in [-0.25, -0.2) is 0 Å². The van der Waals surface area contributed by atoms with Crippen LogP contribution in [0.5, 0.6) is 0 Å². The zero-order chi connectivity index (χ0) is 13.1. The first-order chi connectivity index (χ1) is 8.60. The minimum Gasteiger partial charge on any atom is -0.481 e. The quantitative estimate of drug-likeness (QED) is 0.871. The molecule has 6 heteroatoms. The van der Waals surface area contributed by atoms with Crippen molar-refractivity contribution in [2.45, 2.75) is 45.7 Å². The summed E-state index contributed by atoms with van der Waals surface area (Å²) < 4.78 is 5.16. The summed E-state index contributed by atoms with van der Waals surface area (Å²) in [7, 11) is 0. The van der Waals surface area contributed by atoms with Crippen molar-refractivity contribution >= 4 is 5.97 Å². The molecular formula is C12H19N3O3. The summed E-state index contributed by atoms with van der Waals surface area (Å²) in [5.41, 5.74) is 0. The molecule has 1 saturated heterocycles. The molecule has 1 fully saturated rings. The molecule has 1 aromatic rings. The minimum absolute atomic E-state index is 0.217. The lowest BCUT2D eigenvalue weighted by molar-refractivity contribution is -0.144. The summed E-state index contributed by atoms with van der Waals surface area (Å²) in [6.07, 6.45) is 2.14. The van der Waals surface area contributed by atoms with Crippen LogP contribution < -0.4 is 0 Å². The molecule has 0 amide bonds. The van der Waals surface area contributed by atoms with E-state index in [0.29, 0.717) is 25.3 Å². The number of aromatic nitrogens is 2. The lowest BCUT2D eigenvalue weighted by Crippen LogP contribution is -2.42. The van der Waals surface area contributed by atoms with E-state index in [2.05, 4.69) is 15.0 Å². The lowest BCUT2D eigenvalue weighted by atomic mass is 9.92. The van der Waals surface area contributed by atoms with Crippen LogP contribution in [0.15, 0.2) is 4.52 Å². The Morgan fingerprint density at radius 3 is 2.94 bits per heavy atom. The van der Waals surface area contributed by atoms with Gasteiger partial charge in [-0.3, -0.25) is 9.69 Å². The van der Waals surface area contributed by atoms with Gasteiger partial charge >= 0.3 is 5.97 Å². The summed E-state index contributed by atoms with van der Waals surface area (Å²) in [4.78, 5) is 17.4. The van der Waals surface area contributed by atoms with Crippen LogP contribution in [0.3, 0.4) is 0 Å². The first kappa shape index (κ1) is 13.0. The van der Waals surface area contributed by atoms with Gasteiger partial charge in [0.1, 0.15) is 0 Å². The first-order valence-corrected chi connectivity index (χ1v) is 6.38. The Morgan fingerprint density at radius 2 is 2.39 bits per heavy atom. The van der Waals surface area contributed by atoms with Gasteiger partial charge in [0.05, 0.1) is 12.5 Å². The number of hydrogen-bond acceptors (Lipinski definition) is 5. The van der Waals surface area contributed by atoms with E-state index < -0.39 is 5.97 Å². The van der Waals surface area contributed by atoms with Gasteiger partial charge in [-0.2, -0.15) is 4.98 Å². The molecule has 2 heterocycles. The number of aliphatic carboxylic acids is 1. The van der Waals surface area contributed by atoms with E-state index in [1.54, 1.807) is 0 Å². The average Bonchev–Trinajstić information content (AvgIpc) is 2.79. The third kappa shape index (κ3) is 2.87. The molecule has 1 aliphatic heterocycles. The van der Waals surface area contributed by atoms with Crippen LogP contribution in [-0.2, 0) is 17.8 Å². The number of likely N-dealkylation sites (tertiary alicyclic amines) is 1. The highest BCUT2D eigenvalue weighted by Gasteiger charge is 2.30. The highest BCUT2D eigenvalue weighted by Crippen LogP contribution is 2.24. The molecular weight excluding hydrogens is 234 g/mol. The van der Waals surface area contributed by atoms with Crippen molar-refractivity contribution in [3.05, 3.63) is 11.7 Å². The number of carbonyl (C=O) groups is 1. The number of piperidine rings is 1. The molecule has 0 radical (unpaired) electrons. The number of carboxylic acid groups (broad SMARTS) is 1. The normalized spacial score (nSPS) is 25.2.